The summed E-state index contributed by atoms with van der Waals surface area (Å²) in [5.41, 5.74) is 1.03. The Labute approximate surface area is 106 Å². The summed E-state index contributed by atoms with van der Waals surface area (Å²) in [7, 11) is 2.02. The van der Waals surface area contributed by atoms with E-state index in [9.17, 15) is 4.79 Å². The summed E-state index contributed by atoms with van der Waals surface area (Å²) < 4.78 is 0. The lowest BCUT2D eigenvalue weighted by Gasteiger charge is -2.36. The van der Waals surface area contributed by atoms with Crippen molar-refractivity contribution in [1.29, 1.82) is 0 Å². The Kier molecular flexibility index (Phi) is 3.69. The molecule has 3 nitrogen and oxygen atoms in total. The molecule has 1 aromatic rings. The molecule has 0 aliphatic carbocycles. The van der Waals surface area contributed by atoms with Crippen LogP contribution in [0.25, 0.3) is 0 Å². The number of likely N-dealkylation sites (tertiary alicyclic amines) is 1. The molecule has 2 rings (SSSR count). The zero-order valence-electron chi connectivity index (χ0n) is 9.77. The second-order valence-electron chi connectivity index (χ2n) is 4.58. The summed E-state index contributed by atoms with van der Waals surface area (Å²) in [5.74, 6) is -0.956. The Balaban J connectivity index is 2.24. The minimum atomic E-state index is -0.699. The molecule has 4 heteroatoms. The van der Waals surface area contributed by atoms with Gasteiger partial charge in [-0.25, -0.2) is 0 Å². The topological polar surface area (TPSA) is 40.5 Å². The van der Waals surface area contributed by atoms with Crippen molar-refractivity contribution in [2.75, 3.05) is 13.6 Å². The molecule has 0 saturated carbocycles. The maximum absolute atomic E-state index is 11.1. The first kappa shape index (κ1) is 12.4. The van der Waals surface area contributed by atoms with E-state index in [2.05, 4.69) is 4.90 Å². The highest BCUT2D eigenvalue weighted by Crippen LogP contribution is 2.36. The summed E-state index contributed by atoms with van der Waals surface area (Å²) in [6.07, 6.45) is 1.35. The third-order valence-electron chi connectivity index (χ3n) is 3.48. The Morgan fingerprint density at radius 2 is 2.18 bits per heavy atom. The van der Waals surface area contributed by atoms with Crippen molar-refractivity contribution < 1.29 is 9.90 Å². The summed E-state index contributed by atoms with van der Waals surface area (Å²) >= 11 is 6.18. The summed E-state index contributed by atoms with van der Waals surface area (Å²) in [5, 5.41) is 9.82. The van der Waals surface area contributed by atoms with Crippen LogP contribution in [0.1, 0.15) is 24.4 Å². The highest BCUT2D eigenvalue weighted by atomic mass is 35.5. The first-order valence-electron chi connectivity index (χ1n) is 5.77. The highest BCUT2D eigenvalue weighted by molar-refractivity contribution is 6.31. The predicted molar refractivity (Wildman–Crippen MR) is 67.2 cm³/mol. The fourth-order valence-electron chi connectivity index (χ4n) is 2.42. The van der Waals surface area contributed by atoms with Gasteiger partial charge in [0.2, 0.25) is 0 Å². The van der Waals surface area contributed by atoms with Crippen molar-refractivity contribution in [3.8, 4) is 0 Å². The van der Waals surface area contributed by atoms with Gasteiger partial charge < -0.3 is 5.11 Å². The van der Waals surface area contributed by atoms with E-state index >= 15 is 0 Å². The van der Waals surface area contributed by atoms with Gasteiger partial charge in [-0.05, 0) is 38.1 Å². The van der Waals surface area contributed by atoms with Crippen molar-refractivity contribution in [1.82, 2.24) is 4.90 Å². The first-order valence-corrected chi connectivity index (χ1v) is 6.15. The molecular formula is C13H16ClNO2. The molecule has 92 valence electrons. The number of carboxylic acid groups (broad SMARTS) is 1. The molecule has 1 heterocycles. The molecule has 0 radical (unpaired) electrons. The number of hydrogen-bond donors (Lipinski definition) is 1. The number of carbonyl (C=O) groups is 1. The van der Waals surface area contributed by atoms with E-state index in [1.54, 1.807) is 0 Å². The second kappa shape index (κ2) is 5.07. The molecule has 1 aliphatic rings. The highest BCUT2D eigenvalue weighted by Gasteiger charge is 2.31. The molecule has 1 N–H and O–H groups in total. The summed E-state index contributed by atoms with van der Waals surface area (Å²) in [6.45, 7) is 0.798. The smallest absolute Gasteiger partial charge is 0.306 e. The quantitative estimate of drug-likeness (QED) is 0.881. The molecule has 17 heavy (non-hydrogen) atoms. The zero-order chi connectivity index (χ0) is 12.4. The van der Waals surface area contributed by atoms with Crippen LogP contribution in [0.3, 0.4) is 0 Å². The van der Waals surface area contributed by atoms with E-state index in [1.807, 2.05) is 31.3 Å². The van der Waals surface area contributed by atoms with Crippen molar-refractivity contribution in [3.05, 3.63) is 34.9 Å². The molecule has 2 unspecified atom stereocenters. The van der Waals surface area contributed by atoms with Crippen LogP contribution in [-0.4, -0.2) is 29.6 Å². The third-order valence-corrected chi connectivity index (χ3v) is 3.83. The average Bonchev–Trinajstić information content (AvgIpc) is 2.30. The van der Waals surface area contributed by atoms with Crippen molar-refractivity contribution in [3.63, 3.8) is 0 Å². The monoisotopic (exact) mass is 253 g/mol. The van der Waals surface area contributed by atoms with Crippen LogP contribution < -0.4 is 0 Å². The zero-order valence-corrected chi connectivity index (χ0v) is 10.5. The average molecular weight is 254 g/mol. The number of nitrogens with zero attached hydrogens (tertiary/aromatic N) is 1. The molecule has 0 amide bonds. The minimum Gasteiger partial charge on any atom is -0.481 e. The number of rotatable bonds is 2. The fraction of sp³-hybridized carbons (Fsp3) is 0.462. The Morgan fingerprint density at radius 3 is 2.82 bits per heavy atom. The molecule has 0 bridgehead atoms. The summed E-state index contributed by atoms with van der Waals surface area (Å²) in [6, 6.07) is 7.78. The van der Waals surface area contributed by atoms with Gasteiger partial charge in [0, 0.05) is 11.1 Å². The largest absolute Gasteiger partial charge is 0.481 e. The van der Waals surface area contributed by atoms with Gasteiger partial charge in [0.1, 0.15) is 0 Å². The lowest BCUT2D eigenvalue weighted by atomic mass is 9.87. The van der Waals surface area contributed by atoms with Gasteiger partial charge in [0.05, 0.1) is 5.92 Å². The van der Waals surface area contributed by atoms with Crippen LogP contribution in [0, 0.1) is 5.92 Å². The molecule has 1 fully saturated rings. The SMILES string of the molecule is CN1CCC(C(=O)O)CC1c1ccccc1Cl. The third kappa shape index (κ3) is 2.61. The minimum absolute atomic E-state index is 0.110. The van der Waals surface area contributed by atoms with Gasteiger partial charge >= 0.3 is 5.97 Å². The van der Waals surface area contributed by atoms with Crippen LogP contribution >= 0.6 is 11.6 Å². The fourth-order valence-corrected chi connectivity index (χ4v) is 2.68. The van der Waals surface area contributed by atoms with E-state index in [0.717, 1.165) is 17.1 Å². The van der Waals surface area contributed by atoms with E-state index < -0.39 is 5.97 Å². The first-order chi connectivity index (χ1) is 8.09. The van der Waals surface area contributed by atoms with Crippen LogP contribution in [0.5, 0.6) is 0 Å². The van der Waals surface area contributed by atoms with Crippen molar-refractivity contribution in [2.45, 2.75) is 18.9 Å². The van der Waals surface area contributed by atoms with E-state index in [1.165, 1.54) is 0 Å². The molecule has 2 atom stereocenters. The van der Waals surface area contributed by atoms with E-state index in [0.29, 0.717) is 12.8 Å². The van der Waals surface area contributed by atoms with E-state index in [-0.39, 0.29) is 12.0 Å². The maximum Gasteiger partial charge on any atom is 0.306 e. The van der Waals surface area contributed by atoms with Gasteiger partial charge in [-0.2, -0.15) is 0 Å². The van der Waals surface area contributed by atoms with Crippen LogP contribution in [-0.2, 0) is 4.79 Å². The van der Waals surface area contributed by atoms with Gasteiger partial charge in [0.25, 0.3) is 0 Å². The number of aliphatic carboxylic acids is 1. The maximum atomic E-state index is 11.1. The Hall–Kier alpha value is -1.06. The molecular weight excluding hydrogens is 238 g/mol. The number of carboxylic acids is 1. The molecule has 0 aromatic heterocycles. The van der Waals surface area contributed by atoms with Crippen LogP contribution in [0.2, 0.25) is 5.02 Å². The van der Waals surface area contributed by atoms with Crippen molar-refractivity contribution in [2.24, 2.45) is 5.92 Å². The molecule has 0 spiro atoms. The number of benzene rings is 1. The van der Waals surface area contributed by atoms with Gasteiger partial charge in [-0.3, -0.25) is 9.69 Å². The molecule has 1 saturated heterocycles. The predicted octanol–water partition coefficient (Wildman–Crippen LogP) is 2.81. The van der Waals surface area contributed by atoms with Gasteiger partial charge in [-0.15, -0.1) is 0 Å². The van der Waals surface area contributed by atoms with E-state index in [4.69, 9.17) is 16.7 Å². The standard InChI is InChI=1S/C13H16ClNO2/c1-15-7-6-9(13(16)17)8-12(15)10-4-2-3-5-11(10)14/h2-5,9,12H,6-8H2,1H3,(H,16,17). The van der Waals surface area contributed by atoms with Crippen LogP contribution in [0.4, 0.5) is 0 Å². The molecule has 1 aromatic carbocycles. The van der Waals surface area contributed by atoms with Gasteiger partial charge in [0.15, 0.2) is 0 Å². The normalized spacial score (nSPS) is 25.8. The lowest BCUT2D eigenvalue weighted by Crippen LogP contribution is -2.36. The van der Waals surface area contributed by atoms with Crippen molar-refractivity contribution >= 4 is 17.6 Å². The van der Waals surface area contributed by atoms with Gasteiger partial charge in [-0.1, -0.05) is 29.8 Å². The Bertz CT molecular complexity index is 422. The lowest BCUT2D eigenvalue weighted by molar-refractivity contribution is -0.144. The number of piperidine rings is 1. The Morgan fingerprint density at radius 1 is 1.47 bits per heavy atom. The second-order valence-corrected chi connectivity index (χ2v) is 4.98. The van der Waals surface area contributed by atoms with Crippen LogP contribution in [0.15, 0.2) is 24.3 Å². The number of hydrogen-bond acceptors (Lipinski definition) is 2. The molecule has 1 aliphatic heterocycles. The summed E-state index contributed by atoms with van der Waals surface area (Å²) in [4.78, 5) is 13.3. The number of halogens is 1.